The van der Waals surface area contributed by atoms with Gasteiger partial charge in [-0.1, -0.05) is 38.1 Å². The first-order chi connectivity index (χ1) is 39.8. The fourth-order valence-electron chi connectivity index (χ4n) is 15.7. The van der Waals surface area contributed by atoms with Crippen molar-refractivity contribution in [3.05, 3.63) is 47.5 Å². The van der Waals surface area contributed by atoms with Crippen LogP contribution in [0.1, 0.15) is 110 Å². The molecule has 4 aliphatic heterocycles. The molecule has 4 saturated heterocycles. The molecule has 11 unspecified atom stereocenters. The molecular weight excluding hydrogens is 1110 g/mol. The quantitative estimate of drug-likeness (QED) is 0.0550. The molecule has 0 spiro atoms. The van der Waals surface area contributed by atoms with Crippen LogP contribution in [-0.2, 0) is 66.4 Å². The number of aliphatic hydroxyl groups excluding tert-OH is 8. The Bertz CT molecular complexity index is 2470. The summed E-state index contributed by atoms with van der Waals surface area (Å²) in [7, 11) is 2.82. The Balaban J connectivity index is 0.865. The van der Waals surface area contributed by atoms with E-state index in [4.69, 9.17) is 56.8 Å². The molecule has 1 aromatic rings. The Labute approximate surface area is 488 Å². The largest absolute Gasteiger partial charge is 0.454 e. The van der Waals surface area contributed by atoms with Crippen LogP contribution in [0.5, 0.6) is 0 Å². The van der Waals surface area contributed by atoms with Gasteiger partial charge in [0, 0.05) is 43.5 Å². The average molecular weight is 1200 g/mol. The van der Waals surface area contributed by atoms with E-state index in [-0.39, 0.29) is 54.6 Å². The maximum Gasteiger partial charge on any atom is 0.338 e. The van der Waals surface area contributed by atoms with Gasteiger partial charge in [0.1, 0.15) is 102 Å². The zero-order chi connectivity index (χ0) is 61.1. The van der Waals surface area contributed by atoms with Crippen molar-refractivity contribution in [3.63, 3.8) is 0 Å². The number of carbonyl (C=O) groups excluding carboxylic acids is 3. The van der Waals surface area contributed by atoms with Gasteiger partial charge in [0.05, 0.1) is 43.2 Å². The molecule has 9 rings (SSSR count). The third kappa shape index (κ3) is 11.4. The van der Waals surface area contributed by atoms with E-state index in [1.807, 2.05) is 6.92 Å². The van der Waals surface area contributed by atoms with E-state index in [9.17, 15) is 65.4 Å². The van der Waals surface area contributed by atoms with Crippen LogP contribution >= 0.6 is 0 Å². The average Bonchev–Trinajstić information content (AvgIpc) is 1.25. The van der Waals surface area contributed by atoms with Crippen LogP contribution in [0.3, 0.4) is 0 Å². The first kappa shape index (κ1) is 65.2. The summed E-state index contributed by atoms with van der Waals surface area (Å²) in [5.74, 6) is -3.61. The number of esters is 2. The molecule has 25 nitrogen and oxygen atoms in total. The van der Waals surface area contributed by atoms with E-state index < -0.39 is 188 Å². The molecule has 474 valence electrons. The topological polar surface area (TPSA) is 364 Å². The summed E-state index contributed by atoms with van der Waals surface area (Å²) >= 11 is 0. The van der Waals surface area contributed by atoms with Crippen LogP contribution in [0.2, 0.25) is 0 Å². The van der Waals surface area contributed by atoms with Crippen LogP contribution in [0.4, 0.5) is 0 Å². The molecule has 0 radical (unpaired) electrons. The number of rotatable bonds is 17. The lowest BCUT2D eigenvalue weighted by Crippen LogP contribution is -2.81. The molecule has 0 bridgehead atoms. The summed E-state index contributed by atoms with van der Waals surface area (Å²) in [6.07, 6.45) is -25.1. The molecular formula is C59H88O25. The highest BCUT2D eigenvalue weighted by Gasteiger charge is 2.81. The Hall–Kier alpha value is -3.23. The van der Waals surface area contributed by atoms with E-state index in [0.29, 0.717) is 25.7 Å². The van der Waals surface area contributed by atoms with Crippen molar-refractivity contribution < 1.29 is 122 Å². The molecule has 84 heavy (non-hydrogen) atoms. The summed E-state index contributed by atoms with van der Waals surface area (Å²) in [5.41, 5.74) is -5.69. The monoisotopic (exact) mass is 1200 g/mol. The minimum atomic E-state index is -1.93. The number of carbonyl (C=O) groups is 3. The number of hydrogen-bond acceptors (Lipinski definition) is 25. The lowest BCUT2D eigenvalue weighted by Gasteiger charge is -2.69. The van der Waals surface area contributed by atoms with Crippen molar-refractivity contribution in [1.29, 1.82) is 0 Å². The Kier molecular flexibility index (Phi) is 20.0. The molecule has 10 N–H and O–H groups in total. The molecule has 0 aromatic heterocycles. The summed E-state index contributed by atoms with van der Waals surface area (Å²) < 4.78 is 73.7. The number of allylic oxidation sites excluding steroid dienone is 1. The maximum atomic E-state index is 14.3. The van der Waals surface area contributed by atoms with Crippen LogP contribution < -0.4 is 0 Å². The Morgan fingerprint density at radius 1 is 0.643 bits per heavy atom. The predicted octanol–water partition coefficient (Wildman–Crippen LogP) is -0.162. The van der Waals surface area contributed by atoms with Gasteiger partial charge in [0.2, 0.25) is 0 Å². The van der Waals surface area contributed by atoms with E-state index in [1.165, 1.54) is 21.1 Å². The van der Waals surface area contributed by atoms with E-state index in [1.54, 1.807) is 71.0 Å². The minimum absolute atomic E-state index is 0.0535. The number of fused-ring (bicyclic) bond motifs is 5. The highest BCUT2D eigenvalue weighted by atomic mass is 16.8. The number of methoxy groups -OCH3 is 2. The maximum absolute atomic E-state index is 14.3. The van der Waals surface area contributed by atoms with Crippen molar-refractivity contribution in [2.45, 2.75) is 246 Å². The number of aliphatic hydroxyl groups is 10. The highest BCUT2D eigenvalue weighted by molar-refractivity contribution is 5.90. The second-order valence-electron chi connectivity index (χ2n) is 24.9. The van der Waals surface area contributed by atoms with Crippen molar-refractivity contribution in [3.8, 4) is 0 Å². The number of hydrogen-bond donors (Lipinski definition) is 10. The third-order valence-electron chi connectivity index (χ3n) is 20.5. The van der Waals surface area contributed by atoms with E-state index in [0.717, 1.165) is 0 Å². The van der Waals surface area contributed by atoms with Crippen molar-refractivity contribution in [2.24, 2.45) is 28.6 Å². The van der Waals surface area contributed by atoms with Gasteiger partial charge in [-0.25, -0.2) is 9.59 Å². The summed E-state index contributed by atoms with van der Waals surface area (Å²) in [5, 5.41) is 112. The van der Waals surface area contributed by atoms with Crippen LogP contribution in [0.15, 0.2) is 42.0 Å². The normalized spacial score (nSPS) is 48.8. The number of ether oxygens (including phenoxy) is 12. The minimum Gasteiger partial charge on any atom is -0.454 e. The second kappa shape index (κ2) is 25.7. The fourth-order valence-corrected chi connectivity index (χ4v) is 15.7. The fraction of sp³-hybridized carbons (Fsp3) is 0.814. The van der Waals surface area contributed by atoms with Crippen molar-refractivity contribution in [1.82, 2.24) is 0 Å². The smallest absolute Gasteiger partial charge is 0.338 e. The second-order valence-corrected chi connectivity index (χ2v) is 24.9. The summed E-state index contributed by atoms with van der Waals surface area (Å²) in [6.45, 7) is 10.2. The highest BCUT2D eigenvalue weighted by Crippen LogP contribution is 2.72. The molecule has 0 amide bonds. The number of Topliss-reactive ketones (excluding diaryl/α,β-unsaturated/α-hetero) is 1. The molecule has 8 fully saturated rings. The lowest BCUT2D eigenvalue weighted by atomic mass is 9.39. The molecule has 1 aromatic carbocycles. The molecule has 4 heterocycles. The van der Waals surface area contributed by atoms with Gasteiger partial charge >= 0.3 is 11.9 Å². The van der Waals surface area contributed by atoms with Gasteiger partial charge in [-0.2, -0.15) is 0 Å². The lowest BCUT2D eigenvalue weighted by molar-refractivity contribution is -0.384. The Morgan fingerprint density at radius 2 is 1.26 bits per heavy atom. The van der Waals surface area contributed by atoms with Gasteiger partial charge in [0.15, 0.2) is 25.2 Å². The molecule has 8 aliphatic rings. The summed E-state index contributed by atoms with van der Waals surface area (Å²) in [4.78, 5) is 41.8. The van der Waals surface area contributed by atoms with Crippen molar-refractivity contribution in [2.75, 3.05) is 27.4 Å². The molecule has 4 aliphatic carbocycles. The van der Waals surface area contributed by atoms with Gasteiger partial charge < -0.3 is 108 Å². The first-order valence-corrected chi connectivity index (χ1v) is 29.4. The molecule has 4 saturated carbocycles. The van der Waals surface area contributed by atoms with Gasteiger partial charge in [-0.15, -0.1) is 0 Å². The third-order valence-corrected chi connectivity index (χ3v) is 20.5. The van der Waals surface area contributed by atoms with Crippen LogP contribution in [0, 0.1) is 28.6 Å². The van der Waals surface area contributed by atoms with Crippen LogP contribution in [-0.4, -0.2) is 242 Å². The zero-order valence-electron chi connectivity index (χ0n) is 49.1. The van der Waals surface area contributed by atoms with E-state index in [2.05, 4.69) is 0 Å². The Morgan fingerprint density at radius 3 is 1.89 bits per heavy atom. The SMILES string of the molecule is C/C=C(\C)C(=O)O[C@@H]1[C@@H](OC(=O)c2ccccc2)[C@@H]2[C@@]3(C)CC[C@H](O[C@H]4C[C@@H](OC)C(O[C@@H]5OC(C)C(O[C@@H]6OC(CO)C(O[C@@H]7OC(CO)C(O)[C@H](O)C7O)[C@H](O)C6O)[C@H](OC)C5O)C(C)O4)C[C@@H]3CC[C@@]2(O)[C@@]2(O)CC[C@H](C(C)=O)[C@@]12C. The first-order valence-electron chi connectivity index (χ1n) is 29.4. The van der Waals surface area contributed by atoms with Gasteiger partial charge in [0.25, 0.3) is 0 Å². The van der Waals surface area contributed by atoms with Crippen LogP contribution in [0.25, 0.3) is 0 Å². The van der Waals surface area contributed by atoms with E-state index >= 15 is 0 Å². The number of ketones is 1. The van der Waals surface area contributed by atoms with Gasteiger partial charge in [-0.05, 0) is 103 Å². The van der Waals surface area contributed by atoms with Crippen molar-refractivity contribution >= 4 is 17.7 Å². The predicted molar refractivity (Wildman–Crippen MR) is 286 cm³/mol. The molecule has 29 atom stereocenters. The summed E-state index contributed by atoms with van der Waals surface area (Å²) in [6, 6.07) is 8.37. The zero-order valence-corrected chi connectivity index (χ0v) is 49.1. The molecule has 25 heteroatoms. The van der Waals surface area contributed by atoms with Gasteiger partial charge in [-0.3, -0.25) is 4.79 Å². The standard InChI is InChI=1S/C59H88O25/c1-10-26(2)51(69)84-50-48(80-52(70)30-14-12-11-13-15-30)49-56(6)19-17-32(22-31(56)16-20-58(49,71)59(72)21-18-33(27(3)62)57(50,59)7)77-37-23-34(73-8)44(28(4)75-37)81-55-43(68)47(74-9)45(29(5)76-55)82-54-42(67)40(65)46(36(25-61)79-54)83-53-41(66)39(64)38(63)35(24-60)78-53/h10-15,28-29,31-50,53-55,60-61,63-68,71-72H,16-25H2,1-9H3/b26-10+/t28?,29?,31-,32-,33+,34+,35?,36?,37-,38?,39-,40+,41?,42?,43?,44?,45?,46?,47+,48-,49+,50+,53-,54-,55-,56-,57-,58-,59+/m0/s1. The number of benzene rings is 1.